The zero-order chi connectivity index (χ0) is 14.7. The van der Waals surface area contributed by atoms with Crippen molar-refractivity contribution < 1.29 is 9.59 Å². The van der Waals surface area contributed by atoms with E-state index >= 15 is 0 Å². The third-order valence-electron chi connectivity index (χ3n) is 3.76. The van der Waals surface area contributed by atoms with E-state index in [4.69, 9.17) is 0 Å². The summed E-state index contributed by atoms with van der Waals surface area (Å²) in [5.41, 5.74) is 1.68. The lowest BCUT2D eigenvalue weighted by Crippen LogP contribution is -2.46. The summed E-state index contributed by atoms with van der Waals surface area (Å²) < 4.78 is 0. The van der Waals surface area contributed by atoms with Crippen molar-refractivity contribution in [1.29, 1.82) is 0 Å². The van der Waals surface area contributed by atoms with Crippen molar-refractivity contribution in [3.05, 3.63) is 24.3 Å². The molecule has 3 rings (SSSR count). The lowest BCUT2D eigenvalue weighted by molar-refractivity contribution is -0.118. The van der Waals surface area contributed by atoms with E-state index in [0.29, 0.717) is 6.42 Å². The van der Waals surface area contributed by atoms with Gasteiger partial charge in [0.25, 0.3) is 0 Å². The van der Waals surface area contributed by atoms with E-state index in [0.717, 1.165) is 42.4 Å². The number of nitrogens with zero attached hydrogens (tertiary/aromatic N) is 1. The fourth-order valence-corrected chi connectivity index (χ4v) is 3.54. The number of anilines is 2. The van der Waals surface area contributed by atoms with Crippen LogP contribution in [-0.2, 0) is 9.59 Å². The molecule has 2 amide bonds. The molecule has 0 radical (unpaired) electrons. The molecule has 6 heteroatoms. The normalized spacial score (nSPS) is 22.4. The van der Waals surface area contributed by atoms with E-state index in [-0.39, 0.29) is 17.9 Å². The van der Waals surface area contributed by atoms with E-state index < -0.39 is 0 Å². The number of carbonyl (C=O) groups excluding carboxylic acids is 2. The van der Waals surface area contributed by atoms with Crippen LogP contribution in [0.25, 0.3) is 0 Å². The van der Waals surface area contributed by atoms with Gasteiger partial charge in [0.15, 0.2) is 0 Å². The van der Waals surface area contributed by atoms with Gasteiger partial charge in [0.2, 0.25) is 11.8 Å². The number of nitrogens with one attached hydrogen (secondary N) is 2. The summed E-state index contributed by atoms with van der Waals surface area (Å²) in [5.74, 6) is 2.05. The molecule has 0 saturated carbocycles. The highest BCUT2D eigenvalue weighted by atomic mass is 32.2. The summed E-state index contributed by atoms with van der Waals surface area (Å²) in [5, 5.41) is 6.14. The summed E-state index contributed by atoms with van der Waals surface area (Å²) >= 11 is 1.79. The second kappa shape index (κ2) is 6.49. The minimum atomic E-state index is -0.122. The molecular weight excluding hydrogens is 286 g/mol. The average molecular weight is 305 g/mol. The van der Waals surface area contributed by atoms with Crippen LogP contribution in [0.5, 0.6) is 0 Å². The predicted octanol–water partition coefficient (Wildman–Crippen LogP) is 1.46. The van der Waals surface area contributed by atoms with Crippen LogP contribution in [0.15, 0.2) is 24.3 Å². The van der Waals surface area contributed by atoms with Crippen molar-refractivity contribution in [3.63, 3.8) is 0 Å². The second-order valence-corrected chi connectivity index (χ2v) is 6.42. The maximum Gasteiger partial charge on any atom is 0.242 e. The van der Waals surface area contributed by atoms with E-state index in [9.17, 15) is 9.59 Å². The van der Waals surface area contributed by atoms with Gasteiger partial charge in [0, 0.05) is 42.4 Å². The molecule has 2 heterocycles. The van der Waals surface area contributed by atoms with E-state index in [1.54, 1.807) is 16.7 Å². The third-order valence-corrected chi connectivity index (χ3v) is 4.82. The molecular formula is C15H19N3O2S. The number of benzene rings is 1. The highest BCUT2D eigenvalue weighted by Gasteiger charge is 2.22. The molecule has 0 spiro atoms. The highest BCUT2D eigenvalue weighted by Crippen LogP contribution is 2.23. The Hall–Kier alpha value is -1.53. The molecule has 1 atom stereocenters. The van der Waals surface area contributed by atoms with Gasteiger partial charge in [-0.3, -0.25) is 9.59 Å². The Kier molecular flexibility index (Phi) is 4.45. The van der Waals surface area contributed by atoms with Crippen LogP contribution in [0.1, 0.15) is 12.8 Å². The zero-order valence-electron chi connectivity index (χ0n) is 11.8. The standard InChI is InChI=1S/C15H19N3O2S/c19-14-2-1-8-18(14)12-5-3-11(4-6-12)17-15(20)13-10-21-9-7-16-13/h3-6,13,16H,1-2,7-10H2,(H,17,20). The fraction of sp³-hybridized carbons (Fsp3) is 0.467. The summed E-state index contributed by atoms with van der Waals surface area (Å²) in [6.07, 6.45) is 1.55. The van der Waals surface area contributed by atoms with Crippen LogP contribution < -0.4 is 15.5 Å². The number of carbonyl (C=O) groups is 2. The summed E-state index contributed by atoms with van der Waals surface area (Å²) in [7, 11) is 0. The van der Waals surface area contributed by atoms with Crippen molar-refractivity contribution in [3.8, 4) is 0 Å². The third kappa shape index (κ3) is 3.39. The van der Waals surface area contributed by atoms with Gasteiger partial charge in [-0.25, -0.2) is 0 Å². The molecule has 2 aliphatic heterocycles. The Labute approximate surface area is 128 Å². The number of hydrogen-bond acceptors (Lipinski definition) is 4. The number of amides is 2. The smallest absolute Gasteiger partial charge is 0.242 e. The SMILES string of the molecule is O=C(Nc1ccc(N2CCCC2=O)cc1)C1CSCCN1. The summed E-state index contributed by atoms with van der Waals surface area (Å²) in [6.45, 7) is 1.66. The first-order valence-electron chi connectivity index (χ1n) is 7.26. The van der Waals surface area contributed by atoms with Crippen LogP contribution >= 0.6 is 11.8 Å². The number of hydrogen-bond donors (Lipinski definition) is 2. The van der Waals surface area contributed by atoms with Crippen molar-refractivity contribution in [2.75, 3.05) is 34.8 Å². The van der Waals surface area contributed by atoms with Crippen LogP contribution in [0, 0.1) is 0 Å². The Bertz CT molecular complexity index is 526. The first-order chi connectivity index (χ1) is 10.2. The Morgan fingerprint density at radius 1 is 1.33 bits per heavy atom. The maximum atomic E-state index is 12.1. The van der Waals surface area contributed by atoms with Gasteiger partial charge >= 0.3 is 0 Å². The fourth-order valence-electron chi connectivity index (χ4n) is 2.61. The van der Waals surface area contributed by atoms with E-state index in [1.165, 1.54) is 0 Å². The molecule has 2 aliphatic rings. The molecule has 0 aliphatic carbocycles. The second-order valence-electron chi connectivity index (χ2n) is 5.27. The zero-order valence-corrected chi connectivity index (χ0v) is 12.6. The Balaban J connectivity index is 1.61. The first-order valence-corrected chi connectivity index (χ1v) is 8.42. The molecule has 0 bridgehead atoms. The van der Waals surface area contributed by atoms with Gasteiger partial charge in [0.05, 0.1) is 6.04 Å². The summed E-state index contributed by atoms with van der Waals surface area (Å²) in [4.78, 5) is 25.6. The number of thioether (sulfide) groups is 1. The lowest BCUT2D eigenvalue weighted by atomic mass is 10.2. The van der Waals surface area contributed by atoms with Crippen LogP contribution in [0.2, 0.25) is 0 Å². The van der Waals surface area contributed by atoms with Crippen molar-refractivity contribution in [2.45, 2.75) is 18.9 Å². The van der Waals surface area contributed by atoms with Gasteiger partial charge < -0.3 is 15.5 Å². The van der Waals surface area contributed by atoms with Crippen molar-refractivity contribution in [2.24, 2.45) is 0 Å². The van der Waals surface area contributed by atoms with Gasteiger partial charge in [0.1, 0.15) is 0 Å². The minimum Gasteiger partial charge on any atom is -0.325 e. The molecule has 0 aromatic heterocycles. The van der Waals surface area contributed by atoms with Gasteiger partial charge in [-0.2, -0.15) is 11.8 Å². The maximum absolute atomic E-state index is 12.1. The topological polar surface area (TPSA) is 61.4 Å². The monoisotopic (exact) mass is 305 g/mol. The largest absolute Gasteiger partial charge is 0.325 e. The van der Waals surface area contributed by atoms with Gasteiger partial charge in [-0.15, -0.1) is 0 Å². The van der Waals surface area contributed by atoms with Crippen molar-refractivity contribution >= 4 is 35.0 Å². The van der Waals surface area contributed by atoms with Crippen LogP contribution in [0.3, 0.4) is 0 Å². The first kappa shape index (κ1) is 14.4. The van der Waals surface area contributed by atoms with Crippen molar-refractivity contribution in [1.82, 2.24) is 5.32 Å². The molecule has 2 saturated heterocycles. The molecule has 5 nitrogen and oxygen atoms in total. The lowest BCUT2D eigenvalue weighted by Gasteiger charge is -2.22. The van der Waals surface area contributed by atoms with E-state index in [1.807, 2.05) is 24.3 Å². The van der Waals surface area contributed by atoms with Crippen LogP contribution in [0.4, 0.5) is 11.4 Å². The average Bonchev–Trinajstić information content (AvgIpc) is 2.95. The molecule has 2 N–H and O–H groups in total. The highest BCUT2D eigenvalue weighted by molar-refractivity contribution is 7.99. The van der Waals surface area contributed by atoms with Crippen LogP contribution in [-0.4, -0.2) is 42.5 Å². The Morgan fingerprint density at radius 2 is 2.14 bits per heavy atom. The molecule has 112 valence electrons. The Morgan fingerprint density at radius 3 is 2.76 bits per heavy atom. The molecule has 2 fully saturated rings. The molecule has 21 heavy (non-hydrogen) atoms. The minimum absolute atomic E-state index is 0.00667. The molecule has 1 aromatic rings. The van der Waals surface area contributed by atoms with Gasteiger partial charge in [-0.05, 0) is 30.7 Å². The quantitative estimate of drug-likeness (QED) is 0.887. The van der Waals surface area contributed by atoms with E-state index in [2.05, 4.69) is 10.6 Å². The van der Waals surface area contributed by atoms with Gasteiger partial charge in [-0.1, -0.05) is 0 Å². The number of rotatable bonds is 3. The predicted molar refractivity (Wildman–Crippen MR) is 85.8 cm³/mol. The molecule has 1 aromatic carbocycles. The molecule has 1 unspecified atom stereocenters. The summed E-state index contributed by atoms with van der Waals surface area (Å²) in [6, 6.07) is 7.37.